The summed E-state index contributed by atoms with van der Waals surface area (Å²) in [7, 11) is 0. The first-order valence-electron chi connectivity index (χ1n) is 5.89. The third-order valence-electron chi connectivity index (χ3n) is 2.96. The van der Waals surface area contributed by atoms with Gasteiger partial charge in [-0.25, -0.2) is 8.78 Å². The minimum atomic E-state index is -1.05. The van der Waals surface area contributed by atoms with Gasteiger partial charge in [-0.05, 0) is 24.5 Å². The molecule has 102 valence electrons. The van der Waals surface area contributed by atoms with Crippen LogP contribution in [0.1, 0.15) is 13.3 Å². The van der Waals surface area contributed by atoms with Crippen molar-refractivity contribution in [3.63, 3.8) is 0 Å². The fourth-order valence-corrected chi connectivity index (χ4v) is 1.67. The number of benzene rings is 1. The molecule has 1 aromatic carbocycles. The van der Waals surface area contributed by atoms with Crippen molar-refractivity contribution >= 4 is 17.6 Å². The van der Waals surface area contributed by atoms with Crippen LogP contribution >= 0.6 is 0 Å². The highest BCUT2D eigenvalue weighted by Gasteiger charge is 2.40. The van der Waals surface area contributed by atoms with E-state index in [1.54, 1.807) is 0 Å². The summed E-state index contributed by atoms with van der Waals surface area (Å²) in [6.07, 6.45) is 0.781. The van der Waals surface area contributed by atoms with E-state index in [1.165, 1.54) is 6.07 Å². The molecule has 19 heavy (non-hydrogen) atoms. The average molecular weight is 269 g/mol. The molecule has 1 amide bonds. The van der Waals surface area contributed by atoms with Crippen molar-refractivity contribution in [2.45, 2.75) is 13.3 Å². The predicted molar refractivity (Wildman–Crippen MR) is 63.2 cm³/mol. The van der Waals surface area contributed by atoms with Crippen LogP contribution in [0.2, 0.25) is 0 Å². The lowest BCUT2D eigenvalue weighted by atomic mass is 10.3. The predicted octanol–water partition coefficient (Wildman–Crippen LogP) is 2.10. The monoisotopic (exact) mass is 269 g/mol. The van der Waals surface area contributed by atoms with Crippen molar-refractivity contribution in [2.24, 2.45) is 11.8 Å². The van der Waals surface area contributed by atoms with E-state index in [2.05, 4.69) is 5.32 Å². The summed E-state index contributed by atoms with van der Waals surface area (Å²) in [6, 6.07) is 2.99. The molecule has 2 atom stereocenters. The third kappa shape index (κ3) is 3.49. The summed E-state index contributed by atoms with van der Waals surface area (Å²) in [6.45, 7) is 1.49. The Balaban J connectivity index is 1.80. The first kappa shape index (κ1) is 13.5. The molecule has 0 saturated heterocycles. The summed E-state index contributed by atoms with van der Waals surface area (Å²) in [4.78, 5) is 22.8. The van der Waals surface area contributed by atoms with E-state index in [0.717, 1.165) is 18.6 Å². The summed E-state index contributed by atoms with van der Waals surface area (Å²) in [5.41, 5.74) is 0.111. The van der Waals surface area contributed by atoms with E-state index in [4.69, 9.17) is 4.74 Å². The Morgan fingerprint density at radius 1 is 1.37 bits per heavy atom. The number of anilines is 1. The van der Waals surface area contributed by atoms with E-state index < -0.39 is 30.1 Å². The Hall–Kier alpha value is -1.98. The number of hydrogen-bond donors (Lipinski definition) is 1. The second-order valence-electron chi connectivity index (χ2n) is 4.60. The van der Waals surface area contributed by atoms with E-state index in [-0.39, 0.29) is 11.6 Å². The van der Waals surface area contributed by atoms with Crippen molar-refractivity contribution < 1.29 is 23.1 Å². The molecule has 4 nitrogen and oxygen atoms in total. The first-order chi connectivity index (χ1) is 8.97. The van der Waals surface area contributed by atoms with E-state index >= 15 is 0 Å². The average Bonchev–Trinajstić information content (AvgIpc) is 3.08. The summed E-state index contributed by atoms with van der Waals surface area (Å²) in [5.74, 6) is -2.84. The SMILES string of the molecule is C[C@@H]1C[C@@H]1C(=O)OCC(=O)Nc1ccc(F)c(F)c1. The van der Waals surface area contributed by atoms with Gasteiger partial charge in [0.05, 0.1) is 5.92 Å². The fraction of sp³-hybridized carbons (Fsp3) is 0.385. The topological polar surface area (TPSA) is 55.4 Å². The van der Waals surface area contributed by atoms with Crippen LogP contribution < -0.4 is 5.32 Å². The van der Waals surface area contributed by atoms with Crippen LogP contribution in [-0.2, 0) is 14.3 Å². The van der Waals surface area contributed by atoms with Gasteiger partial charge >= 0.3 is 5.97 Å². The van der Waals surface area contributed by atoms with Gasteiger partial charge in [0, 0.05) is 11.8 Å². The zero-order chi connectivity index (χ0) is 14.0. The van der Waals surface area contributed by atoms with Gasteiger partial charge in [-0.1, -0.05) is 6.92 Å². The van der Waals surface area contributed by atoms with Gasteiger partial charge in [0.2, 0.25) is 0 Å². The number of halogens is 2. The van der Waals surface area contributed by atoms with E-state index in [0.29, 0.717) is 5.92 Å². The molecule has 0 aromatic heterocycles. The number of esters is 1. The standard InChI is InChI=1S/C13H13F2NO3/c1-7-4-9(7)13(18)19-6-12(17)16-8-2-3-10(14)11(15)5-8/h2-3,5,7,9H,4,6H2,1H3,(H,16,17)/t7-,9+/m1/s1. The van der Waals surface area contributed by atoms with Crippen LogP contribution in [0.5, 0.6) is 0 Å². The highest BCUT2D eigenvalue weighted by Crippen LogP contribution is 2.38. The zero-order valence-corrected chi connectivity index (χ0v) is 10.3. The summed E-state index contributed by atoms with van der Waals surface area (Å²) < 4.78 is 30.4. The number of carbonyl (C=O) groups is 2. The van der Waals surface area contributed by atoms with Gasteiger partial charge < -0.3 is 10.1 Å². The number of carbonyl (C=O) groups excluding carboxylic acids is 2. The molecule has 1 aliphatic carbocycles. The Bertz CT molecular complexity index is 519. The normalized spacial score (nSPS) is 20.8. The molecule has 0 aliphatic heterocycles. The number of amides is 1. The number of rotatable bonds is 4. The molecular formula is C13H13F2NO3. The maximum Gasteiger partial charge on any atom is 0.309 e. The second-order valence-corrected chi connectivity index (χ2v) is 4.60. The molecule has 0 spiro atoms. The zero-order valence-electron chi connectivity index (χ0n) is 10.3. The van der Waals surface area contributed by atoms with Gasteiger partial charge in [-0.2, -0.15) is 0 Å². The molecule has 1 saturated carbocycles. The van der Waals surface area contributed by atoms with Crippen molar-refractivity contribution in [3.05, 3.63) is 29.8 Å². The molecule has 1 aliphatic rings. The Kier molecular flexibility index (Phi) is 3.78. The quantitative estimate of drug-likeness (QED) is 0.852. The fourth-order valence-electron chi connectivity index (χ4n) is 1.67. The highest BCUT2D eigenvalue weighted by atomic mass is 19.2. The maximum absolute atomic E-state index is 12.9. The lowest BCUT2D eigenvalue weighted by molar-refractivity contribution is -0.148. The second kappa shape index (κ2) is 5.34. The van der Waals surface area contributed by atoms with Gasteiger partial charge in [0.15, 0.2) is 18.2 Å². The Morgan fingerprint density at radius 2 is 2.05 bits per heavy atom. The number of hydrogen-bond acceptors (Lipinski definition) is 3. The van der Waals surface area contributed by atoms with Crippen molar-refractivity contribution in [1.29, 1.82) is 0 Å². The largest absolute Gasteiger partial charge is 0.455 e. The van der Waals surface area contributed by atoms with Crippen molar-refractivity contribution in [3.8, 4) is 0 Å². The molecule has 6 heteroatoms. The molecular weight excluding hydrogens is 256 g/mol. The van der Waals surface area contributed by atoms with E-state index in [1.807, 2.05) is 6.92 Å². The minimum Gasteiger partial charge on any atom is -0.455 e. The van der Waals surface area contributed by atoms with Gasteiger partial charge in [0.1, 0.15) is 0 Å². The van der Waals surface area contributed by atoms with E-state index in [9.17, 15) is 18.4 Å². The van der Waals surface area contributed by atoms with Gasteiger partial charge in [-0.3, -0.25) is 9.59 Å². The molecule has 1 N–H and O–H groups in total. The molecule has 0 bridgehead atoms. The van der Waals surface area contributed by atoms with Crippen LogP contribution in [0.15, 0.2) is 18.2 Å². The Labute approximate surface area is 108 Å². The first-order valence-corrected chi connectivity index (χ1v) is 5.89. The minimum absolute atomic E-state index is 0.111. The number of nitrogens with one attached hydrogen (secondary N) is 1. The lowest BCUT2D eigenvalue weighted by Crippen LogP contribution is -2.21. The Morgan fingerprint density at radius 3 is 2.63 bits per heavy atom. The third-order valence-corrected chi connectivity index (χ3v) is 2.96. The van der Waals surface area contributed by atoms with Crippen molar-refractivity contribution in [2.75, 3.05) is 11.9 Å². The van der Waals surface area contributed by atoms with Crippen LogP contribution in [0, 0.1) is 23.5 Å². The smallest absolute Gasteiger partial charge is 0.309 e. The molecule has 1 aromatic rings. The molecule has 0 radical (unpaired) electrons. The van der Waals surface area contributed by atoms with Crippen molar-refractivity contribution in [1.82, 2.24) is 0 Å². The van der Waals surface area contributed by atoms with Crippen LogP contribution in [-0.4, -0.2) is 18.5 Å². The molecule has 1 fully saturated rings. The van der Waals surface area contributed by atoms with Gasteiger partial charge in [0.25, 0.3) is 5.91 Å². The highest BCUT2D eigenvalue weighted by molar-refractivity contribution is 5.93. The lowest BCUT2D eigenvalue weighted by Gasteiger charge is -2.06. The van der Waals surface area contributed by atoms with Crippen LogP contribution in [0.3, 0.4) is 0 Å². The molecule has 0 unspecified atom stereocenters. The summed E-state index contributed by atoms with van der Waals surface area (Å²) in [5, 5.41) is 2.31. The number of ether oxygens (including phenoxy) is 1. The molecule has 0 heterocycles. The molecule has 2 rings (SSSR count). The summed E-state index contributed by atoms with van der Waals surface area (Å²) >= 11 is 0. The van der Waals surface area contributed by atoms with Gasteiger partial charge in [-0.15, -0.1) is 0 Å². The van der Waals surface area contributed by atoms with Crippen LogP contribution in [0.4, 0.5) is 14.5 Å². The van der Waals surface area contributed by atoms with Crippen LogP contribution in [0.25, 0.3) is 0 Å². The maximum atomic E-state index is 12.9.